The number of nitriles is 1. The Morgan fingerprint density at radius 3 is 2.94 bits per heavy atom. The highest BCUT2D eigenvalue weighted by molar-refractivity contribution is 9.10. The zero-order chi connectivity index (χ0) is 13.2. The Morgan fingerprint density at radius 2 is 2.28 bits per heavy atom. The third-order valence-corrected chi connectivity index (χ3v) is 4.37. The number of hydrogen-bond donors (Lipinski definition) is 1. The van der Waals surface area contributed by atoms with E-state index in [1.165, 1.54) is 11.1 Å². The van der Waals surface area contributed by atoms with Crippen molar-refractivity contribution >= 4 is 15.9 Å². The van der Waals surface area contributed by atoms with Gasteiger partial charge in [-0.3, -0.25) is 0 Å². The smallest absolute Gasteiger partial charge is 0.0848 e. The number of halogens is 1. The van der Waals surface area contributed by atoms with E-state index in [2.05, 4.69) is 41.1 Å². The summed E-state index contributed by atoms with van der Waals surface area (Å²) in [5.41, 5.74) is 1.64. The number of aryl methyl sites for hydroxylation is 1. The Balaban J connectivity index is 2.25. The standard InChI is InChI=1S/C15H18BrNO/c1-2-3-13(10-17)15(18)7-6-11-8-14(16)5-4-12(11)9-15/h4-5,8,13,18H,2-3,6-7,9H2,1H3. The third kappa shape index (κ3) is 2.60. The summed E-state index contributed by atoms with van der Waals surface area (Å²) in [6.45, 7) is 2.06. The first-order chi connectivity index (χ1) is 8.59. The van der Waals surface area contributed by atoms with Crippen molar-refractivity contribution in [3.05, 3.63) is 33.8 Å². The first-order valence-electron chi connectivity index (χ1n) is 6.48. The van der Waals surface area contributed by atoms with Crippen LogP contribution in [0.2, 0.25) is 0 Å². The van der Waals surface area contributed by atoms with Crippen LogP contribution >= 0.6 is 15.9 Å². The van der Waals surface area contributed by atoms with E-state index in [9.17, 15) is 10.4 Å². The Morgan fingerprint density at radius 1 is 1.50 bits per heavy atom. The maximum absolute atomic E-state index is 10.7. The SMILES string of the molecule is CCCC(C#N)C1(O)CCc2cc(Br)ccc2C1. The molecule has 0 heterocycles. The number of rotatable bonds is 3. The van der Waals surface area contributed by atoms with Crippen LogP contribution in [0.5, 0.6) is 0 Å². The van der Waals surface area contributed by atoms with Crippen LogP contribution in [0.15, 0.2) is 22.7 Å². The third-order valence-electron chi connectivity index (χ3n) is 3.87. The van der Waals surface area contributed by atoms with Gasteiger partial charge in [-0.15, -0.1) is 0 Å². The zero-order valence-corrected chi connectivity index (χ0v) is 12.2. The highest BCUT2D eigenvalue weighted by Gasteiger charge is 2.39. The number of hydrogen-bond acceptors (Lipinski definition) is 2. The lowest BCUT2D eigenvalue weighted by molar-refractivity contribution is -0.0134. The summed E-state index contributed by atoms with van der Waals surface area (Å²) < 4.78 is 1.08. The first-order valence-corrected chi connectivity index (χ1v) is 7.27. The van der Waals surface area contributed by atoms with Gasteiger partial charge in [0.1, 0.15) is 0 Å². The van der Waals surface area contributed by atoms with E-state index in [0.717, 1.165) is 23.7 Å². The normalized spacial score (nSPS) is 24.1. The molecule has 1 aliphatic carbocycles. The summed E-state index contributed by atoms with van der Waals surface area (Å²) in [6, 6.07) is 8.48. The fourth-order valence-corrected chi connectivity index (χ4v) is 3.22. The lowest BCUT2D eigenvalue weighted by Gasteiger charge is -2.37. The quantitative estimate of drug-likeness (QED) is 0.927. The molecule has 3 heteroatoms. The van der Waals surface area contributed by atoms with E-state index in [1.807, 2.05) is 6.07 Å². The predicted octanol–water partition coefficient (Wildman–Crippen LogP) is 3.61. The molecule has 0 amide bonds. The van der Waals surface area contributed by atoms with Gasteiger partial charge in [-0.1, -0.05) is 35.3 Å². The Bertz CT molecular complexity index is 480. The van der Waals surface area contributed by atoms with Crippen molar-refractivity contribution in [2.75, 3.05) is 0 Å². The van der Waals surface area contributed by atoms with Crippen LogP contribution in [0.4, 0.5) is 0 Å². The highest BCUT2D eigenvalue weighted by Crippen LogP contribution is 2.36. The van der Waals surface area contributed by atoms with Gasteiger partial charge in [-0.2, -0.15) is 5.26 Å². The second-order valence-electron chi connectivity index (χ2n) is 5.16. The molecule has 0 spiro atoms. The van der Waals surface area contributed by atoms with Gasteiger partial charge in [-0.05, 0) is 42.5 Å². The van der Waals surface area contributed by atoms with Crippen LogP contribution < -0.4 is 0 Å². The summed E-state index contributed by atoms with van der Waals surface area (Å²) in [5.74, 6) is -0.251. The fraction of sp³-hybridized carbons (Fsp3) is 0.533. The Labute approximate surface area is 117 Å². The van der Waals surface area contributed by atoms with Gasteiger partial charge in [0.2, 0.25) is 0 Å². The van der Waals surface area contributed by atoms with Crippen molar-refractivity contribution in [3.63, 3.8) is 0 Å². The first kappa shape index (κ1) is 13.6. The fourth-order valence-electron chi connectivity index (χ4n) is 2.81. The van der Waals surface area contributed by atoms with Crippen molar-refractivity contribution in [1.82, 2.24) is 0 Å². The molecule has 1 aliphatic rings. The molecule has 1 N–H and O–H groups in total. The van der Waals surface area contributed by atoms with E-state index < -0.39 is 5.60 Å². The predicted molar refractivity (Wildman–Crippen MR) is 75.1 cm³/mol. The molecular formula is C15H18BrNO. The Hall–Kier alpha value is -0.850. The van der Waals surface area contributed by atoms with Crippen molar-refractivity contribution in [2.24, 2.45) is 5.92 Å². The minimum Gasteiger partial charge on any atom is -0.388 e. The van der Waals surface area contributed by atoms with Gasteiger partial charge in [0.25, 0.3) is 0 Å². The lowest BCUT2D eigenvalue weighted by Crippen LogP contribution is -2.42. The van der Waals surface area contributed by atoms with Crippen LogP contribution in [-0.2, 0) is 12.8 Å². The molecular weight excluding hydrogens is 290 g/mol. The summed E-state index contributed by atoms with van der Waals surface area (Å²) in [5, 5.41) is 20.0. The van der Waals surface area contributed by atoms with Crippen molar-refractivity contribution < 1.29 is 5.11 Å². The minimum absolute atomic E-state index is 0.251. The maximum Gasteiger partial charge on any atom is 0.0848 e. The monoisotopic (exact) mass is 307 g/mol. The number of nitrogens with zero attached hydrogens (tertiary/aromatic N) is 1. The lowest BCUT2D eigenvalue weighted by atomic mass is 9.72. The molecule has 2 nitrogen and oxygen atoms in total. The van der Waals surface area contributed by atoms with Crippen LogP contribution in [-0.4, -0.2) is 10.7 Å². The minimum atomic E-state index is -0.842. The second kappa shape index (κ2) is 5.42. The number of benzene rings is 1. The maximum atomic E-state index is 10.7. The van der Waals surface area contributed by atoms with Gasteiger partial charge in [0, 0.05) is 10.9 Å². The van der Waals surface area contributed by atoms with Crippen molar-refractivity contribution in [2.45, 2.75) is 44.6 Å². The van der Waals surface area contributed by atoms with Crippen LogP contribution in [0.1, 0.15) is 37.3 Å². The average Bonchev–Trinajstić information content (AvgIpc) is 2.36. The molecule has 0 fully saturated rings. The molecule has 0 radical (unpaired) electrons. The molecule has 0 aromatic heterocycles. The molecule has 96 valence electrons. The van der Waals surface area contributed by atoms with E-state index in [4.69, 9.17) is 0 Å². The van der Waals surface area contributed by atoms with Crippen LogP contribution in [0, 0.1) is 17.2 Å². The zero-order valence-electron chi connectivity index (χ0n) is 10.6. The largest absolute Gasteiger partial charge is 0.388 e. The van der Waals surface area contributed by atoms with Crippen LogP contribution in [0.25, 0.3) is 0 Å². The van der Waals surface area contributed by atoms with Gasteiger partial charge < -0.3 is 5.11 Å². The van der Waals surface area contributed by atoms with Crippen LogP contribution in [0.3, 0.4) is 0 Å². The molecule has 1 aromatic carbocycles. The molecule has 2 atom stereocenters. The molecule has 0 saturated heterocycles. The molecule has 1 aromatic rings. The molecule has 0 aliphatic heterocycles. The van der Waals surface area contributed by atoms with E-state index >= 15 is 0 Å². The summed E-state index contributed by atoms with van der Waals surface area (Å²) in [6.07, 6.45) is 3.86. The molecule has 2 unspecified atom stereocenters. The average molecular weight is 308 g/mol. The van der Waals surface area contributed by atoms with Crippen molar-refractivity contribution in [1.29, 1.82) is 5.26 Å². The number of aliphatic hydroxyl groups is 1. The van der Waals surface area contributed by atoms with Crippen molar-refractivity contribution in [3.8, 4) is 6.07 Å². The highest BCUT2D eigenvalue weighted by atomic mass is 79.9. The number of fused-ring (bicyclic) bond motifs is 1. The molecule has 2 rings (SSSR count). The van der Waals surface area contributed by atoms with Gasteiger partial charge >= 0.3 is 0 Å². The second-order valence-corrected chi connectivity index (χ2v) is 6.08. The summed E-state index contributed by atoms with van der Waals surface area (Å²) in [7, 11) is 0. The molecule has 0 saturated carbocycles. The van der Waals surface area contributed by atoms with Gasteiger partial charge in [-0.25, -0.2) is 0 Å². The van der Waals surface area contributed by atoms with E-state index in [1.54, 1.807) is 0 Å². The molecule has 18 heavy (non-hydrogen) atoms. The van der Waals surface area contributed by atoms with Gasteiger partial charge in [0.15, 0.2) is 0 Å². The summed E-state index contributed by atoms with van der Waals surface area (Å²) in [4.78, 5) is 0. The Kier molecular flexibility index (Phi) is 4.09. The van der Waals surface area contributed by atoms with E-state index in [-0.39, 0.29) is 5.92 Å². The van der Waals surface area contributed by atoms with Gasteiger partial charge in [0.05, 0.1) is 17.6 Å². The summed E-state index contributed by atoms with van der Waals surface area (Å²) >= 11 is 3.47. The molecule has 0 bridgehead atoms. The topological polar surface area (TPSA) is 44.0 Å². The van der Waals surface area contributed by atoms with E-state index in [0.29, 0.717) is 12.8 Å².